The van der Waals surface area contributed by atoms with Crippen molar-refractivity contribution in [1.29, 1.82) is 5.26 Å². The molecule has 3 rings (SSSR count). The van der Waals surface area contributed by atoms with E-state index in [0.29, 0.717) is 22.0 Å². The number of amides is 1. The van der Waals surface area contributed by atoms with Gasteiger partial charge in [0, 0.05) is 16.6 Å². The first-order valence-corrected chi connectivity index (χ1v) is 7.16. The number of nitrogens with one attached hydrogen (secondary N) is 1. The zero-order valence-corrected chi connectivity index (χ0v) is 12.5. The molecule has 0 bridgehead atoms. The highest BCUT2D eigenvalue weighted by molar-refractivity contribution is 6.17. The number of aromatic carboxylic acids is 1. The summed E-state index contributed by atoms with van der Waals surface area (Å²) < 4.78 is 0. The number of hydrogen-bond acceptors (Lipinski definition) is 3. The third-order valence-corrected chi connectivity index (χ3v) is 3.65. The fourth-order valence-electron chi connectivity index (χ4n) is 2.53. The minimum atomic E-state index is -1.08. The third kappa shape index (κ3) is 2.81. The summed E-state index contributed by atoms with van der Waals surface area (Å²) in [5.41, 5.74) is 1.39. The van der Waals surface area contributed by atoms with Gasteiger partial charge in [-0.25, -0.2) is 4.79 Å². The second kappa shape index (κ2) is 6.23. The van der Waals surface area contributed by atoms with E-state index in [1.54, 1.807) is 54.6 Å². The fourth-order valence-corrected chi connectivity index (χ4v) is 2.53. The zero-order valence-electron chi connectivity index (χ0n) is 12.5. The Bertz CT molecular complexity index is 980. The number of nitriles is 1. The van der Waals surface area contributed by atoms with Gasteiger partial charge >= 0.3 is 5.97 Å². The highest BCUT2D eigenvalue weighted by Gasteiger charge is 2.16. The maximum absolute atomic E-state index is 12.6. The van der Waals surface area contributed by atoms with Crippen LogP contribution in [0.15, 0.2) is 60.7 Å². The Morgan fingerprint density at radius 2 is 1.54 bits per heavy atom. The Morgan fingerprint density at radius 3 is 2.12 bits per heavy atom. The largest absolute Gasteiger partial charge is 0.478 e. The maximum Gasteiger partial charge on any atom is 0.336 e. The minimum absolute atomic E-state index is 0.0816. The van der Waals surface area contributed by atoms with Crippen molar-refractivity contribution in [3.8, 4) is 6.07 Å². The van der Waals surface area contributed by atoms with E-state index in [4.69, 9.17) is 5.26 Å². The van der Waals surface area contributed by atoms with E-state index in [2.05, 4.69) is 5.32 Å². The van der Waals surface area contributed by atoms with Crippen LogP contribution in [-0.4, -0.2) is 17.0 Å². The number of carboxylic acids is 1. The van der Waals surface area contributed by atoms with E-state index in [0.717, 1.165) is 0 Å². The summed E-state index contributed by atoms with van der Waals surface area (Å²) in [7, 11) is 0. The zero-order chi connectivity index (χ0) is 17.1. The predicted molar refractivity (Wildman–Crippen MR) is 90.0 cm³/mol. The second-order valence-corrected chi connectivity index (χ2v) is 5.16. The second-order valence-electron chi connectivity index (χ2n) is 5.16. The summed E-state index contributed by atoms with van der Waals surface area (Å²) in [5.74, 6) is -1.49. The van der Waals surface area contributed by atoms with Crippen molar-refractivity contribution in [2.24, 2.45) is 0 Å². The maximum atomic E-state index is 12.6. The molecule has 5 heteroatoms. The monoisotopic (exact) mass is 316 g/mol. The highest BCUT2D eigenvalue weighted by Crippen LogP contribution is 2.24. The van der Waals surface area contributed by atoms with Gasteiger partial charge in [-0.2, -0.15) is 5.26 Å². The topological polar surface area (TPSA) is 90.2 Å². The van der Waals surface area contributed by atoms with Crippen molar-refractivity contribution in [1.82, 2.24) is 0 Å². The molecule has 0 spiro atoms. The number of anilines is 1. The van der Waals surface area contributed by atoms with Crippen LogP contribution < -0.4 is 5.32 Å². The van der Waals surface area contributed by atoms with Crippen LogP contribution in [0.4, 0.5) is 5.69 Å². The number of hydrogen-bond donors (Lipinski definition) is 2. The number of fused-ring (bicyclic) bond motifs is 1. The van der Waals surface area contributed by atoms with Gasteiger partial charge in [-0.05, 0) is 41.8 Å². The normalized spacial score (nSPS) is 10.1. The number of rotatable bonds is 3. The van der Waals surface area contributed by atoms with Crippen LogP contribution in [-0.2, 0) is 0 Å². The molecule has 116 valence electrons. The molecule has 0 fully saturated rings. The van der Waals surface area contributed by atoms with E-state index < -0.39 is 11.9 Å². The number of carbonyl (C=O) groups excluding carboxylic acids is 1. The summed E-state index contributed by atoms with van der Waals surface area (Å²) in [5, 5.41) is 22.0. The molecule has 24 heavy (non-hydrogen) atoms. The Kier molecular flexibility index (Phi) is 3.96. The van der Waals surface area contributed by atoms with Gasteiger partial charge < -0.3 is 10.4 Å². The standard InChI is InChI=1S/C19H12N2O3/c20-11-12-7-9-14(10-8-12)21-18(22)15-5-1-3-13-4-2-6-16(17(13)15)19(23)24/h1-10H,(H,21,22)(H,23,24). The average Bonchev–Trinajstić information content (AvgIpc) is 2.61. The smallest absolute Gasteiger partial charge is 0.336 e. The quantitative estimate of drug-likeness (QED) is 0.771. The summed E-state index contributed by atoms with van der Waals surface area (Å²) in [6.45, 7) is 0. The first-order valence-electron chi connectivity index (χ1n) is 7.16. The predicted octanol–water partition coefficient (Wildman–Crippen LogP) is 3.66. The van der Waals surface area contributed by atoms with E-state index >= 15 is 0 Å². The molecule has 0 saturated heterocycles. The van der Waals surface area contributed by atoms with Crippen molar-refractivity contribution < 1.29 is 14.7 Å². The summed E-state index contributed by atoms with van der Waals surface area (Å²) in [6, 6.07) is 18.4. The highest BCUT2D eigenvalue weighted by atomic mass is 16.4. The lowest BCUT2D eigenvalue weighted by atomic mass is 9.98. The average molecular weight is 316 g/mol. The molecule has 3 aromatic carbocycles. The van der Waals surface area contributed by atoms with Crippen LogP contribution in [0.5, 0.6) is 0 Å². The number of carboxylic acid groups (broad SMARTS) is 1. The number of benzene rings is 3. The van der Waals surface area contributed by atoms with Crippen molar-refractivity contribution in [2.75, 3.05) is 5.32 Å². The molecule has 5 nitrogen and oxygen atoms in total. The lowest BCUT2D eigenvalue weighted by molar-refractivity contribution is 0.0699. The van der Waals surface area contributed by atoms with Gasteiger partial charge in [-0.3, -0.25) is 4.79 Å². The first-order chi connectivity index (χ1) is 11.6. The molecular weight excluding hydrogens is 304 g/mol. The lowest BCUT2D eigenvalue weighted by Crippen LogP contribution is -2.13. The molecule has 1 amide bonds. The Hall–Kier alpha value is -3.65. The molecule has 0 aromatic heterocycles. The molecule has 0 aliphatic heterocycles. The molecule has 0 atom stereocenters. The van der Waals surface area contributed by atoms with Crippen molar-refractivity contribution in [2.45, 2.75) is 0 Å². The summed E-state index contributed by atoms with van der Waals surface area (Å²) in [6.07, 6.45) is 0. The van der Waals surface area contributed by atoms with E-state index in [1.807, 2.05) is 6.07 Å². The lowest BCUT2D eigenvalue weighted by Gasteiger charge is -2.10. The van der Waals surface area contributed by atoms with E-state index in [1.165, 1.54) is 6.07 Å². The van der Waals surface area contributed by atoms with Gasteiger partial charge in [-0.1, -0.05) is 24.3 Å². The van der Waals surface area contributed by atoms with Crippen LogP contribution in [0, 0.1) is 11.3 Å². The van der Waals surface area contributed by atoms with Crippen LogP contribution >= 0.6 is 0 Å². The van der Waals surface area contributed by atoms with Gasteiger partial charge in [-0.15, -0.1) is 0 Å². The molecule has 0 radical (unpaired) electrons. The Labute approximate surface area is 137 Å². The van der Waals surface area contributed by atoms with Gasteiger partial charge in [0.05, 0.1) is 17.2 Å². The van der Waals surface area contributed by atoms with Gasteiger partial charge in [0.2, 0.25) is 0 Å². The van der Waals surface area contributed by atoms with Crippen molar-refractivity contribution >= 4 is 28.3 Å². The molecule has 0 aliphatic carbocycles. The van der Waals surface area contributed by atoms with Crippen LogP contribution in [0.2, 0.25) is 0 Å². The molecule has 0 unspecified atom stereocenters. The molecule has 0 aliphatic rings. The molecule has 0 heterocycles. The first kappa shape index (κ1) is 15.3. The SMILES string of the molecule is N#Cc1ccc(NC(=O)c2cccc3cccc(C(=O)O)c23)cc1. The van der Waals surface area contributed by atoms with Crippen molar-refractivity contribution in [3.63, 3.8) is 0 Å². The van der Waals surface area contributed by atoms with E-state index in [-0.39, 0.29) is 11.1 Å². The van der Waals surface area contributed by atoms with E-state index in [9.17, 15) is 14.7 Å². The molecule has 0 saturated carbocycles. The van der Waals surface area contributed by atoms with Crippen LogP contribution in [0.3, 0.4) is 0 Å². The molecular formula is C19H12N2O3. The minimum Gasteiger partial charge on any atom is -0.478 e. The van der Waals surface area contributed by atoms with Crippen LogP contribution in [0.25, 0.3) is 10.8 Å². The molecule has 2 N–H and O–H groups in total. The van der Waals surface area contributed by atoms with Crippen molar-refractivity contribution in [3.05, 3.63) is 77.4 Å². The summed E-state index contributed by atoms with van der Waals surface area (Å²) in [4.78, 5) is 24.0. The van der Waals surface area contributed by atoms with Crippen LogP contribution in [0.1, 0.15) is 26.3 Å². The summed E-state index contributed by atoms with van der Waals surface area (Å²) >= 11 is 0. The fraction of sp³-hybridized carbons (Fsp3) is 0. The molecule has 3 aromatic rings. The van der Waals surface area contributed by atoms with Gasteiger partial charge in [0.1, 0.15) is 0 Å². The Balaban J connectivity index is 2.03. The number of carbonyl (C=O) groups is 2. The third-order valence-electron chi connectivity index (χ3n) is 3.65. The van der Waals surface area contributed by atoms with Gasteiger partial charge in [0.25, 0.3) is 5.91 Å². The Morgan fingerprint density at radius 1 is 0.917 bits per heavy atom. The van der Waals surface area contributed by atoms with Gasteiger partial charge in [0.15, 0.2) is 0 Å². The number of nitrogens with zero attached hydrogens (tertiary/aromatic N) is 1.